The Kier molecular flexibility index (Phi) is 5.31. The highest BCUT2D eigenvalue weighted by atomic mass is 19.1. The summed E-state index contributed by atoms with van der Waals surface area (Å²) in [4.78, 5) is 2.39. The molecule has 1 aromatic rings. The Bertz CT molecular complexity index is 411. The number of nitrogens with zero attached hydrogens (tertiary/aromatic N) is 1. The van der Waals surface area contributed by atoms with Gasteiger partial charge in [0.2, 0.25) is 0 Å². The first-order valence-corrected chi connectivity index (χ1v) is 6.98. The minimum absolute atomic E-state index is 0.134. The number of likely N-dealkylation sites (N-methyl/N-ethyl adjacent to an activating group) is 1. The van der Waals surface area contributed by atoms with E-state index in [2.05, 4.69) is 17.1 Å². The van der Waals surface area contributed by atoms with Crippen LogP contribution in [0.3, 0.4) is 0 Å². The van der Waals surface area contributed by atoms with E-state index >= 15 is 0 Å². The minimum atomic E-state index is -0.134. The molecule has 0 amide bonds. The van der Waals surface area contributed by atoms with Crippen LogP contribution in [0.25, 0.3) is 0 Å². The maximum absolute atomic E-state index is 13.4. The van der Waals surface area contributed by atoms with Crippen LogP contribution in [0.5, 0.6) is 0 Å². The summed E-state index contributed by atoms with van der Waals surface area (Å²) in [5, 5.41) is 3.34. The molecule has 0 aliphatic carbocycles. The van der Waals surface area contributed by atoms with Crippen LogP contribution in [-0.4, -0.2) is 43.8 Å². The van der Waals surface area contributed by atoms with E-state index < -0.39 is 0 Å². The smallest absolute Gasteiger partial charge is 0.126 e. The molecule has 1 heterocycles. The molecule has 1 unspecified atom stereocenters. The monoisotopic (exact) mass is 266 g/mol. The summed E-state index contributed by atoms with van der Waals surface area (Å²) in [6, 6.07) is 5.39. The molecule has 2 rings (SSSR count). The van der Waals surface area contributed by atoms with E-state index in [1.54, 1.807) is 13.0 Å². The van der Waals surface area contributed by atoms with Crippen molar-refractivity contribution < 1.29 is 9.13 Å². The van der Waals surface area contributed by atoms with Gasteiger partial charge >= 0.3 is 0 Å². The van der Waals surface area contributed by atoms with Crippen LogP contribution < -0.4 is 5.32 Å². The summed E-state index contributed by atoms with van der Waals surface area (Å²) < 4.78 is 19.1. The van der Waals surface area contributed by atoms with Crippen LogP contribution in [0.15, 0.2) is 18.2 Å². The highest BCUT2D eigenvalue weighted by Gasteiger charge is 2.18. The maximum Gasteiger partial charge on any atom is 0.126 e. The van der Waals surface area contributed by atoms with E-state index in [-0.39, 0.29) is 11.9 Å². The zero-order valence-corrected chi connectivity index (χ0v) is 11.8. The summed E-state index contributed by atoms with van der Waals surface area (Å²) in [5.74, 6) is -0.134. The molecule has 0 aromatic heterocycles. The average molecular weight is 266 g/mol. The molecule has 106 valence electrons. The van der Waals surface area contributed by atoms with Crippen molar-refractivity contribution in [1.29, 1.82) is 0 Å². The Morgan fingerprint density at radius 1 is 1.47 bits per heavy atom. The van der Waals surface area contributed by atoms with Gasteiger partial charge in [0.05, 0.1) is 12.7 Å². The van der Waals surface area contributed by atoms with E-state index in [1.165, 1.54) is 0 Å². The Morgan fingerprint density at radius 2 is 2.32 bits per heavy atom. The van der Waals surface area contributed by atoms with Crippen LogP contribution in [-0.2, 0) is 11.3 Å². The number of ether oxygens (including phenoxy) is 1. The summed E-state index contributed by atoms with van der Waals surface area (Å²) >= 11 is 0. The fraction of sp³-hybridized carbons (Fsp3) is 0.600. The van der Waals surface area contributed by atoms with Gasteiger partial charge in [-0.05, 0) is 30.7 Å². The standard InChI is InChI=1S/C15H23FN2O/c1-3-18-6-7-19-14(11-18)10-17-9-13-5-4-12(2)15(16)8-13/h4-5,8,14,17H,3,6-7,9-11H2,1-2H3. The van der Waals surface area contributed by atoms with Crippen molar-refractivity contribution in [3.05, 3.63) is 35.1 Å². The molecule has 1 aromatic carbocycles. The van der Waals surface area contributed by atoms with E-state index in [4.69, 9.17) is 4.74 Å². The third-order valence-electron chi connectivity index (χ3n) is 3.61. The predicted octanol–water partition coefficient (Wildman–Crippen LogP) is 1.94. The van der Waals surface area contributed by atoms with E-state index in [9.17, 15) is 4.39 Å². The van der Waals surface area contributed by atoms with Crippen LogP contribution in [0.2, 0.25) is 0 Å². The second-order valence-corrected chi connectivity index (χ2v) is 5.10. The highest BCUT2D eigenvalue weighted by molar-refractivity contribution is 5.23. The molecule has 1 N–H and O–H groups in total. The summed E-state index contributed by atoms with van der Waals surface area (Å²) in [6.07, 6.45) is 0.240. The lowest BCUT2D eigenvalue weighted by atomic mass is 10.1. The molecule has 1 aliphatic rings. The quantitative estimate of drug-likeness (QED) is 0.881. The number of nitrogens with one attached hydrogen (secondary N) is 1. The maximum atomic E-state index is 13.4. The lowest BCUT2D eigenvalue weighted by Gasteiger charge is -2.32. The van der Waals surface area contributed by atoms with Gasteiger partial charge < -0.3 is 10.1 Å². The number of morpholine rings is 1. The molecule has 4 heteroatoms. The summed E-state index contributed by atoms with van der Waals surface area (Å²) in [5.41, 5.74) is 1.67. The van der Waals surface area contributed by atoms with Gasteiger partial charge in [0.1, 0.15) is 5.82 Å². The Morgan fingerprint density at radius 3 is 3.05 bits per heavy atom. The first-order chi connectivity index (χ1) is 9.19. The summed E-state index contributed by atoms with van der Waals surface area (Å²) in [7, 11) is 0. The lowest BCUT2D eigenvalue weighted by Crippen LogP contribution is -2.46. The van der Waals surface area contributed by atoms with E-state index in [1.807, 2.05) is 12.1 Å². The molecular weight excluding hydrogens is 243 g/mol. The van der Waals surface area contributed by atoms with Gasteiger partial charge in [0, 0.05) is 26.2 Å². The molecular formula is C15H23FN2O. The van der Waals surface area contributed by atoms with Crippen molar-refractivity contribution in [3.8, 4) is 0 Å². The molecule has 1 atom stereocenters. The largest absolute Gasteiger partial charge is 0.374 e. The second-order valence-electron chi connectivity index (χ2n) is 5.10. The fourth-order valence-electron chi connectivity index (χ4n) is 2.31. The number of aryl methyl sites for hydroxylation is 1. The van der Waals surface area contributed by atoms with Crippen LogP contribution in [0, 0.1) is 12.7 Å². The Labute approximate surface area is 114 Å². The van der Waals surface area contributed by atoms with Gasteiger partial charge in [0.25, 0.3) is 0 Å². The van der Waals surface area contributed by atoms with Crippen molar-refractivity contribution in [2.75, 3.05) is 32.8 Å². The van der Waals surface area contributed by atoms with Crippen LogP contribution in [0.4, 0.5) is 4.39 Å². The molecule has 1 aliphatic heterocycles. The van der Waals surface area contributed by atoms with Crippen molar-refractivity contribution in [2.24, 2.45) is 0 Å². The van der Waals surface area contributed by atoms with Crippen LogP contribution >= 0.6 is 0 Å². The van der Waals surface area contributed by atoms with Gasteiger partial charge in [-0.2, -0.15) is 0 Å². The molecule has 3 nitrogen and oxygen atoms in total. The van der Waals surface area contributed by atoms with Crippen LogP contribution in [0.1, 0.15) is 18.1 Å². The zero-order chi connectivity index (χ0) is 13.7. The second kappa shape index (κ2) is 6.98. The number of halogens is 1. The Balaban J connectivity index is 1.75. The van der Waals surface area contributed by atoms with Gasteiger partial charge in [-0.1, -0.05) is 19.1 Å². The SMILES string of the molecule is CCN1CCOC(CNCc2ccc(C)c(F)c2)C1. The van der Waals surface area contributed by atoms with Crippen molar-refractivity contribution >= 4 is 0 Å². The van der Waals surface area contributed by atoms with Crippen molar-refractivity contribution in [2.45, 2.75) is 26.5 Å². The molecule has 0 radical (unpaired) electrons. The molecule has 1 fully saturated rings. The zero-order valence-electron chi connectivity index (χ0n) is 11.8. The molecule has 19 heavy (non-hydrogen) atoms. The van der Waals surface area contributed by atoms with Gasteiger partial charge in [-0.15, -0.1) is 0 Å². The molecule has 0 saturated carbocycles. The Hall–Kier alpha value is -0.970. The normalized spacial score (nSPS) is 20.7. The number of hydrogen-bond acceptors (Lipinski definition) is 3. The topological polar surface area (TPSA) is 24.5 Å². The van der Waals surface area contributed by atoms with E-state index in [0.717, 1.165) is 38.3 Å². The van der Waals surface area contributed by atoms with Gasteiger partial charge in [-0.3, -0.25) is 4.90 Å². The third-order valence-corrected chi connectivity index (χ3v) is 3.61. The lowest BCUT2D eigenvalue weighted by molar-refractivity contribution is -0.0253. The van der Waals surface area contributed by atoms with Gasteiger partial charge in [0.15, 0.2) is 0 Å². The fourth-order valence-corrected chi connectivity index (χ4v) is 2.31. The first-order valence-electron chi connectivity index (χ1n) is 6.98. The molecule has 0 spiro atoms. The average Bonchev–Trinajstić information content (AvgIpc) is 2.43. The number of hydrogen-bond donors (Lipinski definition) is 1. The minimum Gasteiger partial charge on any atom is -0.374 e. The van der Waals surface area contributed by atoms with Gasteiger partial charge in [-0.25, -0.2) is 4.39 Å². The first kappa shape index (κ1) is 14.4. The van der Waals surface area contributed by atoms with Crippen molar-refractivity contribution in [3.63, 3.8) is 0 Å². The highest BCUT2D eigenvalue weighted by Crippen LogP contribution is 2.09. The molecule has 0 bridgehead atoms. The number of rotatable bonds is 5. The third kappa shape index (κ3) is 4.27. The predicted molar refractivity (Wildman–Crippen MR) is 74.7 cm³/mol. The molecule has 1 saturated heterocycles. The van der Waals surface area contributed by atoms with Crippen molar-refractivity contribution in [1.82, 2.24) is 10.2 Å². The van der Waals surface area contributed by atoms with E-state index in [0.29, 0.717) is 12.1 Å². The summed E-state index contributed by atoms with van der Waals surface area (Å²) in [6.45, 7) is 9.33. The number of benzene rings is 1.